The Morgan fingerprint density at radius 1 is 0.796 bits per heavy atom. The van der Waals surface area contributed by atoms with Crippen LogP contribution < -0.4 is 52.9 Å². The standard InChI is InChI=1S/C63H71N16O13P3S3/c64-54-44-13-5-6-14-47(44)77(51(81)16-8-7-15-50(80)67-25-9-1-2-10-27-87-93-96)31-40-11-3-4-12-43(40)55(54)68-26-28-86-41-23-19-39(20-24-41)62(83)90-42-21-17-38(18-22-42)34-98-95(85)76-46-30-52(78-36-71-56-58(65)69-35-70-59(56)78)91-48(46)32-88-94(84,97)75-45-29-53(92-49(45)33-89-95)79-37-72-57-60(79)73-63(66)74-61(57)82/h3-6,11-14,17-24,35-37,46,48-49,52-53,68H,1-2,7-10,15-16,25-34,64H2,(H,67,80)(H,76,85)(H,84,97)(H2,65,69,70)(H3,66,73,74,82). The lowest BCUT2D eigenvalue weighted by Gasteiger charge is -2.30. The number of nitrogens with zero attached hydrogens (tertiary/aromatic N) is 9. The number of aromatic nitrogens is 8. The molecule has 11 N–H and O–H groups in total. The van der Waals surface area contributed by atoms with Crippen LogP contribution in [-0.2, 0) is 73.1 Å². The van der Waals surface area contributed by atoms with Gasteiger partial charge in [0, 0.05) is 61.7 Å². The number of nitrogen functional groups attached to an aromatic ring is 2. The van der Waals surface area contributed by atoms with Gasteiger partial charge in [-0.3, -0.25) is 33.1 Å². The molecular formula is C63H71N16O13P3S3. The van der Waals surface area contributed by atoms with Crippen molar-refractivity contribution in [3.05, 3.63) is 154 Å². The van der Waals surface area contributed by atoms with Crippen LogP contribution in [0.2, 0.25) is 0 Å². The van der Waals surface area contributed by atoms with E-state index in [1.165, 1.54) is 23.5 Å². The van der Waals surface area contributed by atoms with Gasteiger partial charge in [-0.05, 0) is 114 Å². The van der Waals surface area contributed by atoms with Gasteiger partial charge in [-0.25, -0.2) is 34.6 Å². The van der Waals surface area contributed by atoms with Crippen molar-refractivity contribution >= 4 is 131 Å². The molecule has 98 heavy (non-hydrogen) atoms. The number of rotatable bonds is 25. The number of benzene rings is 4. The van der Waals surface area contributed by atoms with E-state index in [0.717, 1.165) is 48.2 Å². The zero-order valence-electron chi connectivity index (χ0n) is 52.8. The van der Waals surface area contributed by atoms with Gasteiger partial charge in [0.1, 0.15) is 56.1 Å². The lowest BCUT2D eigenvalue weighted by molar-refractivity contribution is -0.122. The largest absolute Gasteiger partial charge is 0.492 e. The number of H-pyrrole nitrogens is 1. The minimum absolute atomic E-state index is 0.0134. The minimum Gasteiger partial charge on any atom is -0.492 e. The van der Waals surface area contributed by atoms with E-state index in [0.29, 0.717) is 98.2 Å². The molecule has 4 aliphatic rings. The van der Waals surface area contributed by atoms with Crippen molar-refractivity contribution in [3.8, 4) is 11.5 Å². The third-order valence-corrected chi connectivity index (χ3v) is 22.8. The molecule has 0 radical (unpaired) electrons. The number of hydrogen-bond donors (Lipinski definition) is 8. The maximum Gasteiger partial charge on any atom is 0.343 e. The number of imidazole rings is 2. The van der Waals surface area contributed by atoms with Crippen molar-refractivity contribution in [2.45, 2.75) is 107 Å². The molecule has 7 atom stereocenters. The Morgan fingerprint density at radius 2 is 1.54 bits per heavy atom. The van der Waals surface area contributed by atoms with Crippen molar-refractivity contribution in [2.24, 2.45) is 10.5 Å². The number of esters is 1. The molecule has 0 bridgehead atoms. The fourth-order valence-corrected chi connectivity index (χ4v) is 17.4. The van der Waals surface area contributed by atoms with E-state index in [9.17, 15) is 24.1 Å². The maximum atomic E-state index is 15.4. The summed E-state index contributed by atoms with van der Waals surface area (Å²) in [5, 5.41) is 9.75. The van der Waals surface area contributed by atoms with Crippen molar-refractivity contribution in [2.75, 3.05) is 55.9 Å². The molecule has 2 fully saturated rings. The first-order valence-electron chi connectivity index (χ1n) is 31.6. The number of ether oxygens (including phenoxy) is 4. The molecular weight excluding hydrogens is 1380 g/mol. The van der Waals surface area contributed by atoms with Gasteiger partial charge in [0.2, 0.25) is 17.8 Å². The first kappa shape index (κ1) is 70.0. The van der Waals surface area contributed by atoms with Crippen LogP contribution in [0.15, 0.2) is 126 Å². The number of anilines is 3. The molecule has 514 valence electrons. The van der Waals surface area contributed by atoms with E-state index < -0.39 is 55.6 Å². The van der Waals surface area contributed by atoms with Crippen LogP contribution in [0.25, 0.3) is 33.7 Å². The average molecular weight is 1450 g/mol. The number of carbonyl (C=O) groups is 3. The fraction of sp³-hybridized carbons (Fsp3) is 0.365. The van der Waals surface area contributed by atoms with Gasteiger partial charge < -0.3 is 70.1 Å². The number of carbonyl (C=O) groups excluding carboxylic acids is 3. The maximum absolute atomic E-state index is 15.4. The second-order valence-electron chi connectivity index (χ2n) is 23.3. The van der Waals surface area contributed by atoms with Crippen LogP contribution in [0, 0.1) is 0 Å². The van der Waals surface area contributed by atoms with E-state index in [1.807, 2.05) is 48.5 Å². The van der Waals surface area contributed by atoms with Crippen molar-refractivity contribution in [3.63, 3.8) is 0 Å². The summed E-state index contributed by atoms with van der Waals surface area (Å²) in [6.45, 7) is -6.33. The summed E-state index contributed by atoms with van der Waals surface area (Å²) in [6, 6.07) is 28.0. The zero-order chi connectivity index (χ0) is 68.3. The number of para-hydroxylation sites is 1. The number of aromatic amines is 1. The molecule has 35 heteroatoms. The molecule has 4 aliphatic heterocycles. The van der Waals surface area contributed by atoms with Crippen molar-refractivity contribution in [1.29, 1.82) is 0 Å². The molecule has 8 aromatic rings. The lowest BCUT2D eigenvalue weighted by atomic mass is 9.95. The molecule has 8 heterocycles. The predicted molar refractivity (Wildman–Crippen MR) is 378 cm³/mol. The second-order valence-corrected chi connectivity index (χ2v) is 31.3. The molecule has 29 nitrogen and oxygen atoms in total. The molecule has 2 amide bonds. The first-order chi connectivity index (χ1) is 47.5. The summed E-state index contributed by atoms with van der Waals surface area (Å²) in [6.07, 6.45) is 6.61. The Morgan fingerprint density at radius 3 is 2.36 bits per heavy atom. The Bertz CT molecular complexity index is 4470. The second kappa shape index (κ2) is 31.9. The summed E-state index contributed by atoms with van der Waals surface area (Å²) in [4.78, 5) is 89.8. The van der Waals surface area contributed by atoms with Gasteiger partial charge in [-0.2, -0.15) is 4.98 Å². The molecule has 4 aromatic carbocycles. The third-order valence-electron chi connectivity index (χ3n) is 16.7. The van der Waals surface area contributed by atoms with Gasteiger partial charge in [0.15, 0.2) is 22.6 Å². The summed E-state index contributed by atoms with van der Waals surface area (Å²) in [5.74, 6) is 0.292. The quantitative estimate of drug-likeness (QED) is 0.0115. The average Bonchev–Trinajstić information content (AvgIpc) is 1.42. The number of nitrogens with two attached hydrogens (primary N) is 3. The number of hydrogen-bond acceptors (Lipinski definition) is 24. The Kier molecular flexibility index (Phi) is 22.8. The zero-order valence-corrected chi connectivity index (χ0v) is 57.9. The SMILES string of the molecule is NC1=C(NCCOc2ccc(C(=O)Oc3ccc(CSP4(=O)NC5CC(n6cnc7c(N)ncnc76)OC5COP(O)(=S)N=C5CC(n6cnc7c(=O)[nH]c(N)nc76)OC5CO4)cc3)cc2)c2ccccc2CN(C(=O)CCCCC(=O)NCCCCCCOP=S)c2ccccc21. The highest BCUT2D eigenvalue weighted by Gasteiger charge is 2.45. The predicted octanol–water partition coefficient (Wildman–Crippen LogP) is 8.50. The molecule has 0 saturated carbocycles. The molecule has 12 rings (SSSR count). The number of unbranched alkanes of at least 4 members (excludes halogenated alkanes) is 4. The van der Waals surface area contributed by atoms with Gasteiger partial charge in [0.05, 0.1) is 73.5 Å². The number of fused-ring (bicyclic) bond motifs is 6. The van der Waals surface area contributed by atoms with Gasteiger partial charge >= 0.3 is 19.3 Å². The smallest absolute Gasteiger partial charge is 0.343 e. The van der Waals surface area contributed by atoms with Crippen LogP contribution in [0.1, 0.15) is 109 Å². The van der Waals surface area contributed by atoms with E-state index in [2.05, 4.69) is 50.4 Å². The van der Waals surface area contributed by atoms with Crippen molar-refractivity contribution in [1.82, 2.24) is 54.8 Å². The lowest BCUT2D eigenvalue weighted by Crippen LogP contribution is -2.38. The topological polar surface area (TPSA) is 390 Å². The summed E-state index contributed by atoms with van der Waals surface area (Å²) >= 11 is 11.3. The fourth-order valence-electron chi connectivity index (χ4n) is 11.8. The molecule has 0 aliphatic carbocycles. The molecule has 0 spiro atoms. The summed E-state index contributed by atoms with van der Waals surface area (Å²) < 4.78 is 65.5. The van der Waals surface area contributed by atoms with Gasteiger partial charge in [-0.15, -0.1) is 0 Å². The van der Waals surface area contributed by atoms with Crippen LogP contribution in [0.3, 0.4) is 0 Å². The Balaban J connectivity index is 0.655. The normalized spacial score (nSPS) is 21.8. The molecule has 4 aromatic heterocycles. The highest BCUT2D eigenvalue weighted by atomic mass is 32.7. The van der Waals surface area contributed by atoms with Crippen LogP contribution in [-0.4, -0.2) is 125 Å². The Labute approximate surface area is 577 Å². The van der Waals surface area contributed by atoms with Gasteiger partial charge in [0.25, 0.3) is 5.56 Å². The minimum atomic E-state index is -3.99. The Hall–Kier alpha value is -7.93. The van der Waals surface area contributed by atoms with Crippen LogP contribution >= 0.6 is 32.3 Å². The monoisotopic (exact) mass is 1450 g/mol. The first-order valence-corrected chi connectivity index (χ1v) is 39.3. The van der Waals surface area contributed by atoms with E-state index in [4.69, 9.17) is 73.3 Å². The third kappa shape index (κ3) is 17.0. The molecule has 2 saturated heterocycles. The van der Waals surface area contributed by atoms with E-state index >= 15 is 4.57 Å². The van der Waals surface area contributed by atoms with Crippen LogP contribution in [0.5, 0.6) is 11.5 Å². The summed E-state index contributed by atoms with van der Waals surface area (Å²) in [7, 11) is 0.527. The van der Waals surface area contributed by atoms with Crippen LogP contribution in [0.4, 0.5) is 17.5 Å². The highest BCUT2D eigenvalue weighted by molar-refractivity contribution is 8.55. The van der Waals surface area contributed by atoms with E-state index in [1.54, 1.807) is 58.0 Å². The molecule has 7 unspecified atom stereocenters. The van der Waals surface area contributed by atoms with Crippen molar-refractivity contribution < 1.29 is 56.4 Å². The van der Waals surface area contributed by atoms with Gasteiger partial charge in [-0.1, -0.05) is 67.4 Å². The number of nitrogens with one attached hydrogen (secondary N) is 4. The van der Waals surface area contributed by atoms with E-state index in [-0.39, 0.29) is 96.6 Å². The highest BCUT2D eigenvalue weighted by Crippen LogP contribution is 2.60. The summed E-state index contributed by atoms with van der Waals surface area (Å²) in [5.41, 5.74) is 25.0. The number of amides is 2.